The zero-order valence-corrected chi connectivity index (χ0v) is 12.1. The normalized spacial score (nSPS) is 27.3. The molecule has 0 amide bonds. The number of hydrogen-bond acceptors (Lipinski definition) is 1. The first-order valence-corrected chi connectivity index (χ1v) is 8.03. The number of rotatable bonds is 2. The molecule has 1 heterocycles. The van der Waals surface area contributed by atoms with Crippen LogP contribution in [-0.2, 0) is 5.33 Å². The van der Waals surface area contributed by atoms with Crippen molar-refractivity contribution in [1.29, 1.82) is 0 Å². The summed E-state index contributed by atoms with van der Waals surface area (Å²) in [6.45, 7) is 1.14. The lowest BCUT2D eigenvalue weighted by Gasteiger charge is -2.34. The molecule has 18 heavy (non-hydrogen) atoms. The highest BCUT2D eigenvalue weighted by molar-refractivity contribution is 9.08. The summed E-state index contributed by atoms with van der Waals surface area (Å²) in [5, 5.41) is 0.730. The van der Waals surface area contributed by atoms with Crippen molar-refractivity contribution in [1.82, 2.24) is 0 Å². The lowest BCUT2D eigenvalue weighted by atomic mass is 9.85. The molecule has 0 radical (unpaired) electrons. The van der Waals surface area contributed by atoms with Crippen LogP contribution in [0.25, 0.3) is 0 Å². The lowest BCUT2D eigenvalue weighted by molar-refractivity contribution is 0.342. The topological polar surface area (TPSA) is 3.24 Å². The third-order valence-corrected chi connectivity index (χ3v) is 5.11. The Labute approximate surface area is 116 Å². The van der Waals surface area contributed by atoms with E-state index in [2.05, 4.69) is 20.8 Å². The van der Waals surface area contributed by atoms with Gasteiger partial charge in [0.25, 0.3) is 0 Å². The van der Waals surface area contributed by atoms with Crippen molar-refractivity contribution in [2.24, 2.45) is 5.92 Å². The SMILES string of the molecule is Fc1ccc(N2CCC3CCCCC32)c(CBr)c1. The van der Waals surface area contributed by atoms with Crippen molar-refractivity contribution in [3.05, 3.63) is 29.6 Å². The Morgan fingerprint density at radius 3 is 2.89 bits per heavy atom. The van der Waals surface area contributed by atoms with Gasteiger partial charge >= 0.3 is 0 Å². The second kappa shape index (κ2) is 5.20. The van der Waals surface area contributed by atoms with Gasteiger partial charge in [-0.05, 0) is 48.9 Å². The maximum Gasteiger partial charge on any atom is 0.123 e. The van der Waals surface area contributed by atoms with Crippen LogP contribution in [-0.4, -0.2) is 12.6 Å². The van der Waals surface area contributed by atoms with E-state index in [9.17, 15) is 4.39 Å². The van der Waals surface area contributed by atoms with Crippen LogP contribution >= 0.6 is 15.9 Å². The summed E-state index contributed by atoms with van der Waals surface area (Å²) in [6.07, 6.45) is 6.74. The number of fused-ring (bicyclic) bond motifs is 1. The van der Waals surface area contributed by atoms with Gasteiger partial charge in [0.1, 0.15) is 5.82 Å². The number of anilines is 1. The minimum Gasteiger partial charge on any atom is -0.368 e. The predicted molar refractivity (Wildman–Crippen MR) is 76.7 cm³/mol. The number of hydrogen-bond donors (Lipinski definition) is 0. The van der Waals surface area contributed by atoms with Crippen LogP contribution in [0.2, 0.25) is 0 Å². The Morgan fingerprint density at radius 1 is 1.22 bits per heavy atom. The molecule has 2 atom stereocenters. The van der Waals surface area contributed by atoms with Gasteiger partial charge in [0, 0.05) is 23.6 Å². The molecule has 0 aromatic heterocycles. The van der Waals surface area contributed by atoms with Crippen LogP contribution in [0.1, 0.15) is 37.7 Å². The first-order valence-electron chi connectivity index (χ1n) is 6.90. The van der Waals surface area contributed by atoms with E-state index >= 15 is 0 Å². The smallest absolute Gasteiger partial charge is 0.123 e. The quantitative estimate of drug-likeness (QED) is 0.727. The number of benzene rings is 1. The van der Waals surface area contributed by atoms with Crippen molar-refractivity contribution in [3.63, 3.8) is 0 Å². The van der Waals surface area contributed by atoms with Crippen molar-refractivity contribution in [3.8, 4) is 0 Å². The molecule has 0 spiro atoms. The molecule has 2 fully saturated rings. The minimum absolute atomic E-state index is 0.132. The third kappa shape index (κ3) is 2.18. The van der Waals surface area contributed by atoms with Gasteiger partial charge in [-0.3, -0.25) is 0 Å². The Hall–Kier alpha value is -0.570. The fraction of sp³-hybridized carbons (Fsp3) is 0.600. The highest BCUT2D eigenvalue weighted by Gasteiger charge is 2.36. The molecule has 1 saturated heterocycles. The largest absolute Gasteiger partial charge is 0.368 e. The van der Waals surface area contributed by atoms with E-state index in [0.717, 1.165) is 23.4 Å². The van der Waals surface area contributed by atoms with E-state index in [1.807, 2.05) is 6.07 Å². The lowest BCUT2D eigenvalue weighted by Crippen LogP contribution is -2.35. The van der Waals surface area contributed by atoms with E-state index < -0.39 is 0 Å². The predicted octanol–water partition coefficient (Wildman–Crippen LogP) is 4.49. The van der Waals surface area contributed by atoms with Gasteiger partial charge in [-0.1, -0.05) is 28.8 Å². The van der Waals surface area contributed by atoms with Gasteiger partial charge in [-0.25, -0.2) is 4.39 Å². The molecule has 0 N–H and O–H groups in total. The summed E-state index contributed by atoms with van der Waals surface area (Å²) >= 11 is 3.48. The highest BCUT2D eigenvalue weighted by Crippen LogP contribution is 2.40. The molecule has 3 heteroatoms. The van der Waals surface area contributed by atoms with Gasteiger partial charge in [-0.2, -0.15) is 0 Å². The Kier molecular flexibility index (Phi) is 3.60. The third-order valence-electron chi connectivity index (χ3n) is 4.51. The fourth-order valence-electron chi connectivity index (χ4n) is 3.65. The molecule has 1 aliphatic carbocycles. The summed E-state index contributed by atoms with van der Waals surface area (Å²) in [7, 11) is 0. The van der Waals surface area contributed by atoms with Crippen molar-refractivity contribution in [2.45, 2.75) is 43.5 Å². The summed E-state index contributed by atoms with van der Waals surface area (Å²) in [5.41, 5.74) is 2.32. The Balaban J connectivity index is 1.90. The van der Waals surface area contributed by atoms with Gasteiger partial charge in [-0.15, -0.1) is 0 Å². The monoisotopic (exact) mass is 311 g/mol. The van der Waals surface area contributed by atoms with E-state index in [-0.39, 0.29) is 5.82 Å². The Morgan fingerprint density at radius 2 is 2.06 bits per heavy atom. The van der Waals surface area contributed by atoms with Crippen LogP contribution < -0.4 is 4.90 Å². The van der Waals surface area contributed by atoms with Crippen LogP contribution in [0.5, 0.6) is 0 Å². The van der Waals surface area contributed by atoms with E-state index in [0.29, 0.717) is 6.04 Å². The van der Waals surface area contributed by atoms with E-state index in [1.165, 1.54) is 37.8 Å². The van der Waals surface area contributed by atoms with Crippen molar-refractivity contribution < 1.29 is 4.39 Å². The minimum atomic E-state index is -0.132. The van der Waals surface area contributed by atoms with Crippen LogP contribution in [0.4, 0.5) is 10.1 Å². The van der Waals surface area contributed by atoms with Crippen LogP contribution in [0.15, 0.2) is 18.2 Å². The zero-order chi connectivity index (χ0) is 12.5. The fourth-order valence-corrected chi connectivity index (χ4v) is 4.10. The first kappa shape index (κ1) is 12.5. The molecule has 98 valence electrons. The maximum atomic E-state index is 13.3. The molecule has 1 saturated carbocycles. The first-order chi connectivity index (χ1) is 8.79. The second-order valence-corrected chi connectivity index (χ2v) is 6.06. The molecule has 0 bridgehead atoms. The molecule has 1 aromatic rings. The molecular formula is C15H19BrFN. The van der Waals surface area contributed by atoms with Crippen LogP contribution in [0, 0.1) is 11.7 Å². The average Bonchev–Trinajstić information content (AvgIpc) is 2.82. The zero-order valence-electron chi connectivity index (χ0n) is 10.5. The molecule has 2 unspecified atom stereocenters. The van der Waals surface area contributed by atoms with Gasteiger partial charge < -0.3 is 4.90 Å². The maximum absolute atomic E-state index is 13.3. The molecule has 1 nitrogen and oxygen atoms in total. The summed E-state index contributed by atoms with van der Waals surface area (Å²) < 4.78 is 13.3. The number of halogens is 2. The molecule has 2 aliphatic rings. The van der Waals surface area contributed by atoms with Crippen LogP contribution in [0.3, 0.4) is 0 Å². The Bertz CT molecular complexity index is 435. The average molecular weight is 312 g/mol. The molecule has 3 rings (SSSR count). The standard InChI is InChI=1S/C15H19BrFN/c16-10-12-9-13(17)5-6-15(12)18-8-7-11-3-1-2-4-14(11)18/h5-6,9,11,14H,1-4,7-8,10H2. The van der Waals surface area contributed by atoms with Gasteiger partial charge in [0.2, 0.25) is 0 Å². The molecule has 1 aliphatic heterocycles. The highest BCUT2D eigenvalue weighted by atomic mass is 79.9. The summed E-state index contributed by atoms with van der Waals surface area (Å²) in [4.78, 5) is 2.53. The summed E-state index contributed by atoms with van der Waals surface area (Å²) in [5.74, 6) is 0.736. The molecular weight excluding hydrogens is 293 g/mol. The van der Waals surface area contributed by atoms with Crippen molar-refractivity contribution in [2.75, 3.05) is 11.4 Å². The number of alkyl halides is 1. The molecule has 1 aromatic carbocycles. The number of nitrogens with zero attached hydrogens (tertiary/aromatic N) is 1. The summed E-state index contributed by atoms with van der Waals surface area (Å²) in [6, 6.07) is 5.92. The van der Waals surface area contributed by atoms with Crippen molar-refractivity contribution >= 4 is 21.6 Å². The van der Waals surface area contributed by atoms with E-state index in [4.69, 9.17) is 0 Å². The van der Waals surface area contributed by atoms with E-state index in [1.54, 1.807) is 12.1 Å². The second-order valence-electron chi connectivity index (χ2n) is 5.50. The van der Waals surface area contributed by atoms with Gasteiger partial charge in [0.05, 0.1) is 0 Å². The van der Waals surface area contributed by atoms with Gasteiger partial charge in [0.15, 0.2) is 0 Å².